The number of morpholine rings is 1. The molecule has 3 aromatic rings. The summed E-state index contributed by atoms with van der Waals surface area (Å²) in [7, 11) is 0. The lowest BCUT2D eigenvalue weighted by molar-refractivity contribution is -0.00597. The van der Waals surface area contributed by atoms with Crippen LogP contribution in [0.25, 0.3) is 22.3 Å². The highest BCUT2D eigenvalue weighted by molar-refractivity contribution is 5.92. The number of fused-ring (bicyclic) bond motifs is 1. The normalized spacial score (nSPS) is 22.1. The van der Waals surface area contributed by atoms with Crippen LogP contribution in [0.3, 0.4) is 0 Å². The minimum absolute atomic E-state index is 0.0880. The second kappa shape index (κ2) is 5.36. The van der Waals surface area contributed by atoms with E-state index in [1.54, 1.807) is 6.20 Å². The van der Waals surface area contributed by atoms with Crippen molar-refractivity contribution >= 4 is 10.8 Å². The number of nitrogens with one attached hydrogen (secondary N) is 1. The maximum Gasteiger partial charge on any atom is 0.229 e. The fourth-order valence-electron chi connectivity index (χ4n) is 3.25. The first-order valence-corrected chi connectivity index (χ1v) is 8.35. The fraction of sp³-hybridized carbons (Fsp3) is 0.389. The summed E-state index contributed by atoms with van der Waals surface area (Å²) >= 11 is 0. The molecule has 6 nitrogen and oxygen atoms in total. The molecule has 1 saturated heterocycles. The molecule has 2 aliphatic rings. The second-order valence-corrected chi connectivity index (χ2v) is 6.69. The van der Waals surface area contributed by atoms with Gasteiger partial charge in [-0.15, -0.1) is 0 Å². The monoisotopic (exact) mass is 322 g/mol. The third kappa shape index (κ3) is 2.48. The van der Waals surface area contributed by atoms with E-state index in [1.807, 2.05) is 24.3 Å². The van der Waals surface area contributed by atoms with Gasteiger partial charge >= 0.3 is 0 Å². The Hall–Kier alpha value is -2.31. The molecule has 1 atom stereocenters. The Labute approximate surface area is 139 Å². The number of ether oxygens (including phenoxy) is 1. The molecule has 1 unspecified atom stereocenters. The third-order valence-electron chi connectivity index (χ3n) is 4.91. The van der Waals surface area contributed by atoms with Gasteiger partial charge in [0.15, 0.2) is 0 Å². The molecule has 1 spiro atoms. The highest BCUT2D eigenvalue weighted by atomic mass is 16.5. The van der Waals surface area contributed by atoms with Gasteiger partial charge < -0.3 is 14.6 Å². The van der Waals surface area contributed by atoms with Gasteiger partial charge in [0.05, 0.1) is 19.1 Å². The van der Waals surface area contributed by atoms with Crippen LogP contribution in [0.15, 0.2) is 41.1 Å². The predicted octanol–water partition coefficient (Wildman–Crippen LogP) is 2.35. The molecule has 122 valence electrons. The average molecular weight is 322 g/mol. The molecule has 1 aromatic carbocycles. The van der Waals surface area contributed by atoms with Crippen molar-refractivity contribution in [1.82, 2.24) is 20.4 Å². The zero-order chi connectivity index (χ0) is 16.0. The van der Waals surface area contributed by atoms with Crippen molar-refractivity contribution < 1.29 is 9.26 Å². The molecule has 1 N–H and O–H groups in total. The van der Waals surface area contributed by atoms with E-state index in [1.165, 1.54) is 12.8 Å². The minimum Gasteiger partial charge on any atom is -0.374 e. The van der Waals surface area contributed by atoms with Crippen LogP contribution in [-0.2, 0) is 11.2 Å². The molecule has 1 aliphatic carbocycles. The average Bonchev–Trinajstić information content (AvgIpc) is 3.22. The maximum atomic E-state index is 5.94. The van der Waals surface area contributed by atoms with Crippen LogP contribution in [-0.4, -0.2) is 39.9 Å². The van der Waals surface area contributed by atoms with E-state index in [4.69, 9.17) is 9.26 Å². The molecule has 0 radical (unpaired) electrons. The summed E-state index contributed by atoms with van der Waals surface area (Å²) < 4.78 is 11.4. The summed E-state index contributed by atoms with van der Waals surface area (Å²) in [6, 6.07) is 10.1. The Morgan fingerprint density at radius 2 is 2.12 bits per heavy atom. The van der Waals surface area contributed by atoms with E-state index in [-0.39, 0.29) is 11.6 Å². The quantitative estimate of drug-likeness (QED) is 0.798. The summed E-state index contributed by atoms with van der Waals surface area (Å²) in [5.41, 5.74) is 1.02. The number of rotatable bonds is 3. The van der Waals surface area contributed by atoms with E-state index < -0.39 is 0 Å². The summed E-state index contributed by atoms with van der Waals surface area (Å²) in [5, 5.41) is 9.83. The number of pyridine rings is 1. The third-order valence-corrected chi connectivity index (χ3v) is 4.91. The number of hydrogen-bond acceptors (Lipinski definition) is 6. The highest BCUT2D eigenvalue weighted by Crippen LogP contribution is 2.37. The van der Waals surface area contributed by atoms with Crippen LogP contribution < -0.4 is 5.32 Å². The highest BCUT2D eigenvalue weighted by Gasteiger charge is 2.45. The maximum absolute atomic E-state index is 5.94. The van der Waals surface area contributed by atoms with E-state index >= 15 is 0 Å². The van der Waals surface area contributed by atoms with Crippen molar-refractivity contribution in [3.63, 3.8) is 0 Å². The molecule has 2 fully saturated rings. The van der Waals surface area contributed by atoms with Crippen molar-refractivity contribution in [1.29, 1.82) is 0 Å². The van der Waals surface area contributed by atoms with Gasteiger partial charge in [0, 0.05) is 23.7 Å². The Balaban J connectivity index is 1.37. The van der Waals surface area contributed by atoms with Crippen molar-refractivity contribution in [2.75, 3.05) is 13.2 Å². The molecule has 5 rings (SSSR count). The van der Waals surface area contributed by atoms with Crippen LogP contribution in [0.4, 0.5) is 0 Å². The van der Waals surface area contributed by atoms with Crippen LogP contribution >= 0.6 is 0 Å². The lowest BCUT2D eigenvalue weighted by atomic mass is 10.1. The van der Waals surface area contributed by atoms with Gasteiger partial charge in [-0.25, -0.2) is 0 Å². The smallest absolute Gasteiger partial charge is 0.229 e. The van der Waals surface area contributed by atoms with E-state index in [2.05, 4.69) is 26.5 Å². The molecular weight excluding hydrogens is 304 g/mol. The van der Waals surface area contributed by atoms with E-state index in [0.717, 1.165) is 29.6 Å². The van der Waals surface area contributed by atoms with Gasteiger partial charge in [0.25, 0.3) is 0 Å². The first-order chi connectivity index (χ1) is 11.8. The first kappa shape index (κ1) is 14.1. The molecule has 24 heavy (non-hydrogen) atoms. The zero-order valence-corrected chi connectivity index (χ0v) is 13.2. The lowest BCUT2D eigenvalue weighted by Crippen LogP contribution is -2.48. The Bertz CT molecular complexity index is 872. The molecule has 0 bridgehead atoms. The van der Waals surface area contributed by atoms with Gasteiger partial charge in [-0.3, -0.25) is 4.98 Å². The summed E-state index contributed by atoms with van der Waals surface area (Å²) in [5.74, 6) is 1.13. The van der Waals surface area contributed by atoms with Gasteiger partial charge in [-0.05, 0) is 24.3 Å². The molecule has 6 heteroatoms. The first-order valence-electron chi connectivity index (χ1n) is 8.35. The van der Waals surface area contributed by atoms with Crippen LogP contribution in [0.2, 0.25) is 0 Å². The summed E-state index contributed by atoms with van der Waals surface area (Å²) in [4.78, 5) is 8.96. The Morgan fingerprint density at radius 3 is 2.96 bits per heavy atom. The topological polar surface area (TPSA) is 73.1 Å². The molecule has 2 aromatic heterocycles. The fourth-order valence-corrected chi connectivity index (χ4v) is 3.25. The van der Waals surface area contributed by atoms with E-state index in [9.17, 15) is 0 Å². The lowest BCUT2D eigenvalue weighted by Gasteiger charge is -2.29. The van der Waals surface area contributed by atoms with Crippen molar-refractivity contribution in [2.24, 2.45) is 0 Å². The number of nitrogens with zero attached hydrogens (tertiary/aromatic N) is 3. The number of hydrogen-bond donors (Lipinski definition) is 1. The SMILES string of the molecule is c1ccc2c(-c3noc(CC4CNC5(CC5)CO4)n3)nccc2c1. The largest absolute Gasteiger partial charge is 0.374 e. The Kier molecular flexibility index (Phi) is 3.14. The van der Waals surface area contributed by atoms with Gasteiger partial charge in [-0.2, -0.15) is 4.98 Å². The molecule has 1 saturated carbocycles. The summed E-state index contributed by atoms with van der Waals surface area (Å²) in [6.45, 7) is 1.62. The van der Waals surface area contributed by atoms with Crippen LogP contribution in [0.5, 0.6) is 0 Å². The predicted molar refractivity (Wildman–Crippen MR) is 88.4 cm³/mol. The molecular formula is C18H18N4O2. The second-order valence-electron chi connectivity index (χ2n) is 6.69. The number of aromatic nitrogens is 3. The number of benzene rings is 1. The van der Waals surface area contributed by atoms with Gasteiger partial charge in [0.2, 0.25) is 11.7 Å². The molecule has 0 amide bonds. The van der Waals surface area contributed by atoms with E-state index in [0.29, 0.717) is 18.1 Å². The minimum atomic E-state index is 0.0880. The Morgan fingerprint density at radius 1 is 1.21 bits per heavy atom. The molecule has 1 aliphatic heterocycles. The van der Waals surface area contributed by atoms with Gasteiger partial charge in [-0.1, -0.05) is 29.4 Å². The standard InChI is InChI=1S/C18H18N4O2/c1-2-4-14-12(3-1)5-8-19-16(14)17-21-15(24-22-17)9-13-10-20-18(6-7-18)11-23-13/h1-5,8,13,20H,6-7,9-11H2. The van der Waals surface area contributed by atoms with Crippen LogP contribution in [0, 0.1) is 0 Å². The molecule has 3 heterocycles. The zero-order valence-electron chi connectivity index (χ0n) is 13.2. The summed E-state index contributed by atoms with van der Waals surface area (Å²) in [6.07, 6.45) is 4.93. The van der Waals surface area contributed by atoms with Crippen molar-refractivity contribution in [3.8, 4) is 11.5 Å². The van der Waals surface area contributed by atoms with Gasteiger partial charge in [0.1, 0.15) is 5.69 Å². The van der Waals surface area contributed by atoms with Crippen molar-refractivity contribution in [3.05, 3.63) is 42.4 Å². The van der Waals surface area contributed by atoms with Crippen molar-refractivity contribution in [2.45, 2.75) is 30.9 Å². The van der Waals surface area contributed by atoms with Crippen LogP contribution in [0.1, 0.15) is 18.7 Å².